The normalized spacial score (nSPS) is 15.8. The van der Waals surface area contributed by atoms with Crippen molar-refractivity contribution in [2.75, 3.05) is 0 Å². The maximum absolute atomic E-state index is 14.5. The number of carbonyl (C=O) groups excluding carboxylic acids is 2. The van der Waals surface area contributed by atoms with Gasteiger partial charge in [0.25, 0.3) is 5.91 Å². The smallest absolute Gasteiger partial charge is 0.259 e. The first-order valence-electron chi connectivity index (χ1n) is 9.76. The second kappa shape index (κ2) is 8.55. The number of primary amides is 1. The molecule has 1 aromatic heterocycles. The van der Waals surface area contributed by atoms with Crippen molar-refractivity contribution in [2.24, 2.45) is 5.73 Å². The highest BCUT2D eigenvalue weighted by Crippen LogP contribution is 2.43. The number of phenols is 1. The summed E-state index contributed by atoms with van der Waals surface area (Å²) in [4.78, 5) is 31.4. The van der Waals surface area contributed by atoms with Crippen LogP contribution in [0.3, 0.4) is 0 Å². The Bertz CT molecular complexity index is 1210. The van der Waals surface area contributed by atoms with Gasteiger partial charge in [-0.2, -0.15) is 0 Å². The third-order valence-corrected chi connectivity index (χ3v) is 5.75. The number of benzene rings is 2. The summed E-state index contributed by atoms with van der Waals surface area (Å²) in [6.07, 6.45) is 3.45. The van der Waals surface area contributed by atoms with Crippen LogP contribution in [0.4, 0.5) is 8.78 Å². The third-order valence-electron chi connectivity index (χ3n) is 5.53. The van der Waals surface area contributed by atoms with E-state index in [1.54, 1.807) is 12.1 Å². The highest BCUT2D eigenvalue weighted by molar-refractivity contribution is 6.30. The molecular weight excluding hydrogens is 440 g/mol. The Morgan fingerprint density at radius 1 is 1.22 bits per heavy atom. The zero-order valence-corrected chi connectivity index (χ0v) is 17.4. The minimum absolute atomic E-state index is 0.131. The predicted molar refractivity (Wildman–Crippen MR) is 113 cm³/mol. The molecule has 4 rings (SSSR count). The van der Waals surface area contributed by atoms with E-state index in [1.165, 1.54) is 24.5 Å². The van der Waals surface area contributed by atoms with Crippen LogP contribution in [-0.2, 0) is 11.2 Å². The second-order valence-corrected chi connectivity index (χ2v) is 7.91. The number of nitrogens with two attached hydrogens (primary N) is 1. The van der Waals surface area contributed by atoms with Gasteiger partial charge in [0.1, 0.15) is 23.4 Å². The fourth-order valence-corrected chi connectivity index (χ4v) is 4.38. The number of halogens is 3. The van der Waals surface area contributed by atoms with E-state index in [0.717, 1.165) is 23.1 Å². The van der Waals surface area contributed by atoms with Crippen molar-refractivity contribution < 1.29 is 23.5 Å². The van der Waals surface area contributed by atoms with Crippen LogP contribution in [0.25, 0.3) is 0 Å². The number of fused-ring (bicyclic) bond motifs is 1. The minimum Gasteiger partial charge on any atom is -0.507 e. The molecule has 9 heteroatoms. The molecule has 1 heterocycles. The van der Waals surface area contributed by atoms with Crippen molar-refractivity contribution in [1.82, 2.24) is 9.88 Å². The molecule has 3 N–H and O–H groups in total. The first-order chi connectivity index (χ1) is 15.3. The van der Waals surface area contributed by atoms with Gasteiger partial charge in [0.05, 0.1) is 11.6 Å². The average Bonchev–Trinajstić information content (AvgIpc) is 3.17. The lowest BCUT2D eigenvalue weighted by molar-refractivity contribution is -0.123. The summed E-state index contributed by atoms with van der Waals surface area (Å²) in [6.45, 7) is 0. The third kappa shape index (κ3) is 3.89. The second-order valence-electron chi connectivity index (χ2n) is 7.48. The molecule has 1 aliphatic carbocycles. The van der Waals surface area contributed by atoms with Gasteiger partial charge in [0.2, 0.25) is 5.91 Å². The summed E-state index contributed by atoms with van der Waals surface area (Å²) in [5, 5.41) is 10.4. The largest absolute Gasteiger partial charge is 0.507 e. The summed E-state index contributed by atoms with van der Waals surface area (Å²) < 4.78 is 28.5. The first kappa shape index (κ1) is 21.7. The quantitative estimate of drug-likeness (QED) is 0.603. The summed E-state index contributed by atoms with van der Waals surface area (Å²) in [6, 6.07) is 6.68. The van der Waals surface area contributed by atoms with Crippen molar-refractivity contribution >= 4 is 23.4 Å². The molecule has 6 nitrogen and oxygen atoms in total. The number of phenolic OH excluding ortho intramolecular Hbond substituents is 1. The number of hydrogen-bond acceptors (Lipinski definition) is 4. The summed E-state index contributed by atoms with van der Waals surface area (Å²) in [7, 11) is 0. The molecule has 1 aliphatic rings. The molecule has 0 unspecified atom stereocenters. The van der Waals surface area contributed by atoms with Gasteiger partial charge in [0, 0.05) is 23.0 Å². The summed E-state index contributed by atoms with van der Waals surface area (Å²) in [5.41, 5.74) is 6.47. The highest BCUT2D eigenvalue weighted by atomic mass is 35.5. The number of carbonyl (C=O) groups is 2. The predicted octanol–water partition coefficient (Wildman–Crippen LogP) is 4.08. The molecule has 164 valence electrons. The zero-order chi connectivity index (χ0) is 23.0. The van der Waals surface area contributed by atoms with Crippen molar-refractivity contribution in [2.45, 2.75) is 24.9 Å². The van der Waals surface area contributed by atoms with E-state index in [4.69, 9.17) is 17.3 Å². The molecule has 2 amide bonds. The Morgan fingerprint density at radius 3 is 2.69 bits per heavy atom. The lowest BCUT2D eigenvalue weighted by Crippen LogP contribution is -2.43. The van der Waals surface area contributed by atoms with E-state index in [1.807, 2.05) is 0 Å². The summed E-state index contributed by atoms with van der Waals surface area (Å²) >= 11 is 6.07. The van der Waals surface area contributed by atoms with Crippen LogP contribution in [0.2, 0.25) is 5.02 Å². The Morgan fingerprint density at radius 2 is 2.00 bits per heavy atom. The molecular formula is C23H18ClF2N3O3. The number of aromatic hydroxyl groups is 1. The standard InChI is InChI=1S/C23H18ClF2N3O3/c24-13-8-16-15(18(26)9-13)4-5-19(16)29(21(22(27)31)12-2-1-7-28-11-12)23(32)17-10-14(25)3-6-20(17)30/h1-3,6-11,19,21,30H,4-5H2,(H2,27,31)/t19-,21-/m1/s1. The number of amides is 2. The number of nitrogens with zero attached hydrogens (tertiary/aromatic N) is 2. The van der Waals surface area contributed by atoms with Gasteiger partial charge < -0.3 is 15.7 Å². The summed E-state index contributed by atoms with van der Waals surface area (Å²) in [5.74, 6) is -3.44. The van der Waals surface area contributed by atoms with Gasteiger partial charge in [-0.1, -0.05) is 17.7 Å². The monoisotopic (exact) mass is 457 g/mol. The Balaban J connectivity index is 1.91. The Labute approximate surface area is 187 Å². The van der Waals surface area contributed by atoms with Crippen molar-refractivity contribution in [3.63, 3.8) is 0 Å². The van der Waals surface area contributed by atoms with Crippen LogP contribution in [0.15, 0.2) is 54.9 Å². The van der Waals surface area contributed by atoms with Crippen molar-refractivity contribution in [3.8, 4) is 5.75 Å². The van der Waals surface area contributed by atoms with Gasteiger partial charge in [-0.15, -0.1) is 0 Å². The van der Waals surface area contributed by atoms with Gasteiger partial charge in [-0.05, 0) is 60.4 Å². The molecule has 0 fully saturated rings. The van der Waals surface area contributed by atoms with Gasteiger partial charge in [0.15, 0.2) is 0 Å². The molecule has 2 aromatic carbocycles. The van der Waals surface area contributed by atoms with Gasteiger partial charge >= 0.3 is 0 Å². The van der Waals surface area contributed by atoms with Gasteiger partial charge in [-0.25, -0.2) is 8.78 Å². The molecule has 2 atom stereocenters. The van der Waals surface area contributed by atoms with E-state index in [0.29, 0.717) is 23.1 Å². The molecule has 3 aromatic rings. The van der Waals surface area contributed by atoms with E-state index in [2.05, 4.69) is 4.98 Å². The molecule has 0 bridgehead atoms. The fraction of sp³-hybridized carbons (Fsp3) is 0.174. The van der Waals surface area contributed by atoms with E-state index in [9.17, 15) is 23.5 Å². The topological polar surface area (TPSA) is 96.5 Å². The van der Waals surface area contributed by atoms with E-state index < -0.39 is 41.3 Å². The average molecular weight is 458 g/mol. The van der Waals surface area contributed by atoms with Crippen LogP contribution >= 0.6 is 11.6 Å². The molecule has 0 aliphatic heterocycles. The number of pyridine rings is 1. The maximum atomic E-state index is 14.5. The van der Waals surface area contributed by atoms with Crippen LogP contribution in [0.1, 0.15) is 45.6 Å². The minimum atomic E-state index is -1.31. The van der Waals surface area contributed by atoms with Crippen molar-refractivity contribution in [3.05, 3.63) is 93.8 Å². The zero-order valence-electron chi connectivity index (χ0n) is 16.6. The van der Waals surface area contributed by atoms with E-state index in [-0.39, 0.29) is 17.0 Å². The number of rotatable bonds is 5. The Hall–Kier alpha value is -3.52. The SMILES string of the molecule is NC(=O)[C@@H](c1cccnc1)N(C(=O)c1cc(F)ccc1O)[C@@H]1CCc2c(F)cc(Cl)cc21. The molecule has 32 heavy (non-hydrogen) atoms. The Kier molecular flexibility index (Phi) is 5.80. The molecule has 0 saturated heterocycles. The van der Waals surface area contributed by atoms with E-state index >= 15 is 0 Å². The van der Waals surface area contributed by atoms with Crippen LogP contribution in [0, 0.1) is 11.6 Å². The number of hydrogen-bond donors (Lipinski definition) is 2. The molecule has 0 radical (unpaired) electrons. The van der Waals surface area contributed by atoms with Crippen LogP contribution < -0.4 is 5.73 Å². The fourth-order valence-electron chi connectivity index (χ4n) is 4.17. The maximum Gasteiger partial charge on any atom is 0.259 e. The lowest BCUT2D eigenvalue weighted by atomic mass is 9.98. The van der Waals surface area contributed by atoms with Gasteiger partial charge in [-0.3, -0.25) is 14.6 Å². The van der Waals surface area contributed by atoms with Crippen LogP contribution in [0.5, 0.6) is 5.75 Å². The number of aromatic nitrogens is 1. The molecule has 0 saturated carbocycles. The highest BCUT2D eigenvalue weighted by Gasteiger charge is 2.41. The van der Waals surface area contributed by atoms with Crippen molar-refractivity contribution in [1.29, 1.82) is 0 Å². The molecule has 0 spiro atoms. The first-order valence-corrected chi connectivity index (χ1v) is 10.1. The van der Waals surface area contributed by atoms with Crippen LogP contribution in [-0.4, -0.2) is 26.8 Å². The lowest BCUT2D eigenvalue weighted by Gasteiger charge is -2.35.